The lowest BCUT2D eigenvalue weighted by atomic mass is 10.2. The fourth-order valence-corrected chi connectivity index (χ4v) is 4.09. The first-order valence-electron chi connectivity index (χ1n) is 8.67. The van der Waals surface area contributed by atoms with Crippen molar-refractivity contribution >= 4 is 31.7 Å². The van der Waals surface area contributed by atoms with E-state index in [0.29, 0.717) is 18.1 Å². The smallest absolute Gasteiger partial charge is 0.235 e. The van der Waals surface area contributed by atoms with E-state index in [-0.39, 0.29) is 12.3 Å². The molecular formula is C20H24BrNO4S. The predicted octanol–water partition coefficient (Wildman–Crippen LogP) is 3.72. The number of carbonyl (C=O) groups is 1. The van der Waals surface area contributed by atoms with Crippen molar-refractivity contribution in [3.63, 3.8) is 0 Å². The van der Waals surface area contributed by atoms with E-state index >= 15 is 0 Å². The molecule has 0 radical (unpaired) electrons. The van der Waals surface area contributed by atoms with Gasteiger partial charge in [-0.1, -0.05) is 54.0 Å². The maximum absolute atomic E-state index is 12.2. The highest BCUT2D eigenvalue weighted by Gasteiger charge is 2.17. The van der Waals surface area contributed by atoms with Crippen LogP contribution in [-0.4, -0.2) is 26.7 Å². The summed E-state index contributed by atoms with van der Waals surface area (Å²) in [4.78, 5) is 12.0. The predicted molar refractivity (Wildman–Crippen MR) is 110 cm³/mol. The number of amides is 1. The Hall–Kier alpha value is -1.86. The van der Waals surface area contributed by atoms with Gasteiger partial charge in [0.05, 0.1) is 12.4 Å². The number of nitrogens with one attached hydrogen (secondary N) is 1. The van der Waals surface area contributed by atoms with Crippen LogP contribution < -0.4 is 10.1 Å². The molecule has 146 valence electrons. The summed E-state index contributed by atoms with van der Waals surface area (Å²) >= 11 is 3.31. The lowest BCUT2D eigenvalue weighted by Gasteiger charge is -2.10. The van der Waals surface area contributed by atoms with Crippen LogP contribution in [0.15, 0.2) is 53.0 Å². The number of sulfone groups is 1. The third-order valence-corrected chi connectivity index (χ3v) is 5.59. The minimum absolute atomic E-state index is 0.165. The topological polar surface area (TPSA) is 72.5 Å². The van der Waals surface area contributed by atoms with Crippen molar-refractivity contribution in [3.8, 4) is 5.75 Å². The molecule has 0 unspecified atom stereocenters. The minimum Gasteiger partial charge on any atom is -0.493 e. The van der Waals surface area contributed by atoms with E-state index in [2.05, 4.69) is 35.1 Å². The second-order valence-electron chi connectivity index (χ2n) is 6.79. The van der Waals surface area contributed by atoms with E-state index in [4.69, 9.17) is 4.74 Å². The SMILES string of the molecule is CC(C)COc1ccc(CNC(=O)CS(=O)(=O)Cc2cccc(Br)c2)cc1. The molecule has 2 aromatic rings. The number of carbonyl (C=O) groups excluding carboxylic acids is 1. The van der Waals surface area contributed by atoms with Crippen LogP contribution in [0.1, 0.15) is 25.0 Å². The average Bonchev–Trinajstić information content (AvgIpc) is 2.58. The summed E-state index contributed by atoms with van der Waals surface area (Å²) in [5.74, 6) is 0.0139. The standard InChI is InChI=1S/C20H24BrNO4S/c1-15(2)12-26-19-8-6-16(7-9-19)11-22-20(23)14-27(24,25)13-17-4-3-5-18(21)10-17/h3-10,15H,11-14H2,1-2H3,(H,22,23). The van der Waals surface area contributed by atoms with Gasteiger partial charge in [0.2, 0.25) is 5.91 Å². The number of halogens is 1. The average molecular weight is 454 g/mol. The molecule has 0 aliphatic carbocycles. The molecule has 1 amide bonds. The molecular weight excluding hydrogens is 430 g/mol. The monoisotopic (exact) mass is 453 g/mol. The van der Waals surface area contributed by atoms with Crippen molar-refractivity contribution in [2.75, 3.05) is 12.4 Å². The zero-order chi connectivity index (χ0) is 19.9. The maximum atomic E-state index is 12.2. The third-order valence-electron chi connectivity index (χ3n) is 3.62. The van der Waals surface area contributed by atoms with E-state index < -0.39 is 21.5 Å². The molecule has 0 saturated carbocycles. The van der Waals surface area contributed by atoms with Crippen LogP contribution in [0.25, 0.3) is 0 Å². The Morgan fingerprint density at radius 1 is 1.11 bits per heavy atom. The van der Waals surface area contributed by atoms with Gasteiger partial charge in [0.15, 0.2) is 9.84 Å². The van der Waals surface area contributed by atoms with Crippen LogP contribution in [0.4, 0.5) is 0 Å². The van der Waals surface area contributed by atoms with Gasteiger partial charge in [-0.05, 0) is 41.3 Å². The van der Waals surface area contributed by atoms with Gasteiger partial charge in [0.1, 0.15) is 11.5 Å². The molecule has 2 rings (SSSR count). The van der Waals surface area contributed by atoms with Crippen LogP contribution in [0, 0.1) is 5.92 Å². The van der Waals surface area contributed by atoms with Gasteiger partial charge in [-0.2, -0.15) is 0 Å². The fraction of sp³-hybridized carbons (Fsp3) is 0.350. The van der Waals surface area contributed by atoms with Crippen LogP contribution >= 0.6 is 15.9 Å². The Balaban J connectivity index is 1.82. The first-order valence-corrected chi connectivity index (χ1v) is 11.3. The molecule has 0 atom stereocenters. The van der Waals surface area contributed by atoms with E-state index in [1.54, 1.807) is 18.2 Å². The normalized spacial score (nSPS) is 11.4. The molecule has 0 aliphatic rings. The van der Waals surface area contributed by atoms with Gasteiger partial charge in [0.25, 0.3) is 0 Å². The Morgan fingerprint density at radius 3 is 2.44 bits per heavy atom. The first-order chi connectivity index (χ1) is 12.7. The van der Waals surface area contributed by atoms with Crippen molar-refractivity contribution in [2.45, 2.75) is 26.1 Å². The Bertz CT molecular complexity index is 864. The molecule has 7 heteroatoms. The zero-order valence-corrected chi connectivity index (χ0v) is 17.8. The molecule has 0 heterocycles. The zero-order valence-electron chi connectivity index (χ0n) is 15.4. The van der Waals surface area contributed by atoms with Crippen molar-refractivity contribution in [1.82, 2.24) is 5.32 Å². The third kappa shape index (κ3) is 8.13. The summed E-state index contributed by atoms with van der Waals surface area (Å²) < 4.78 is 30.8. The highest BCUT2D eigenvalue weighted by Crippen LogP contribution is 2.15. The summed E-state index contributed by atoms with van der Waals surface area (Å²) in [6.07, 6.45) is 0. The van der Waals surface area contributed by atoms with E-state index in [1.165, 1.54) is 0 Å². The molecule has 0 aromatic heterocycles. The molecule has 0 saturated heterocycles. The van der Waals surface area contributed by atoms with Crippen LogP contribution in [0.2, 0.25) is 0 Å². The molecule has 2 aromatic carbocycles. The maximum Gasteiger partial charge on any atom is 0.235 e. The van der Waals surface area contributed by atoms with Crippen LogP contribution in [0.3, 0.4) is 0 Å². The van der Waals surface area contributed by atoms with Gasteiger partial charge in [0, 0.05) is 11.0 Å². The fourth-order valence-electron chi connectivity index (χ4n) is 2.35. The Kier molecular flexibility index (Phi) is 7.86. The molecule has 0 aliphatic heterocycles. The van der Waals surface area contributed by atoms with Crippen molar-refractivity contribution < 1.29 is 17.9 Å². The molecule has 27 heavy (non-hydrogen) atoms. The van der Waals surface area contributed by atoms with Gasteiger partial charge in [-0.3, -0.25) is 4.79 Å². The second kappa shape index (κ2) is 9.90. The summed E-state index contributed by atoms with van der Waals surface area (Å²) in [5, 5.41) is 2.65. The molecule has 1 N–H and O–H groups in total. The van der Waals surface area contributed by atoms with Crippen molar-refractivity contribution in [1.29, 1.82) is 0 Å². The number of hydrogen-bond donors (Lipinski definition) is 1. The minimum atomic E-state index is -3.53. The quantitative estimate of drug-likeness (QED) is 0.627. The summed E-state index contributed by atoms with van der Waals surface area (Å²) in [7, 11) is -3.53. The largest absolute Gasteiger partial charge is 0.493 e. The van der Waals surface area contributed by atoms with Gasteiger partial charge < -0.3 is 10.1 Å². The highest BCUT2D eigenvalue weighted by atomic mass is 79.9. The van der Waals surface area contributed by atoms with E-state index in [1.807, 2.05) is 30.3 Å². The summed E-state index contributed by atoms with van der Waals surface area (Å²) in [6.45, 7) is 5.07. The number of rotatable bonds is 9. The molecule has 0 spiro atoms. The molecule has 0 fully saturated rings. The van der Waals surface area contributed by atoms with Gasteiger partial charge >= 0.3 is 0 Å². The van der Waals surface area contributed by atoms with Crippen LogP contribution in [0.5, 0.6) is 5.75 Å². The summed E-state index contributed by atoms with van der Waals surface area (Å²) in [5.41, 5.74) is 1.53. The van der Waals surface area contributed by atoms with E-state index in [9.17, 15) is 13.2 Å². The van der Waals surface area contributed by atoms with Crippen molar-refractivity contribution in [3.05, 3.63) is 64.1 Å². The van der Waals surface area contributed by atoms with Gasteiger partial charge in [-0.15, -0.1) is 0 Å². The van der Waals surface area contributed by atoms with Gasteiger partial charge in [-0.25, -0.2) is 8.42 Å². The lowest BCUT2D eigenvalue weighted by molar-refractivity contribution is -0.118. The highest BCUT2D eigenvalue weighted by molar-refractivity contribution is 9.10. The Labute approximate surface area is 169 Å². The van der Waals surface area contributed by atoms with Crippen LogP contribution in [-0.2, 0) is 26.9 Å². The number of benzene rings is 2. The second-order valence-corrected chi connectivity index (χ2v) is 9.77. The van der Waals surface area contributed by atoms with E-state index in [0.717, 1.165) is 15.8 Å². The number of ether oxygens (including phenoxy) is 1. The molecule has 0 bridgehead atoms. The summed E-state index contributed by atoms with van der Waals surface area (Å²) in [6, 6.07) is 14.4. The first kappa shape index (κ1) is 21.4. The molecule has 5 nitrogen and oxygen atoms in total. The van der Waals surface area contributed by atoms with Crippen molar-refractivity contribution in [2.24, 2.45) is 5.92 Å². The number of hydrogen-bond acceptors (Lipinski definition) is 4. The lowest BCUT2D eigenvalue weighted by Crippen LogP contribution is -2.30. The Morgan fingerprint density at radius 2 is 1.81 bits per heavy atom.